The van der Waals surface area contributed by atoms with E-state index in [9.17, 15) is 9.59 Å². The van der Waals surface area contributed by atoms with Gasteiger partial charge in [0.2, 0.25) is 0 Å². The lowest BCUT2D eigenvalue weighted by Gasteiger charge is -1.98. The Bertz CT molecular complexity index is 611. The highest BCUT2D eigenvalue weighted by atomic mass is 32.1. The lowest BCUT2D eigenvalue weighted by atomic mass is 10.2. The second kappa shape index (κ2) is 5.18. The lowest BCUT2D eigenvalue weighted by Crippen LogP contribution is -2.12. The Hall–Kier alpha value is -1.89. The zero-order valence-corrected chi connectivity index (χ0v) is 10.6. The van der Waals surface area contributed by atoms with Gasteiger partial charge in [-0.1, -0.05) is 16.5 Å². The highest BCUT2D eigenvalue weighted by Crippen LogP contribution is 2.25. The molecule has 0 aromatic carbocycles. The number of nitrogens with zero attached hydrogens (tertiary/aromatic N) is 2. The van der Waals surface area contributed by atoms with Gasteiger partial charge in [0.05, 0.1) is 16.6 Å². The number of thiazole rings is 1. The number of aromatic nitrogens is 2. The Morgan fingerprint density at radius 3 is 3.00 bits per heavy atom. The van der Waals surface area contributed by atoms with Crippen LogP contribution in [0.2, 0.25) is 0 Å². The summed E-state index contributed by atoms with van der Waals surface area (Å²) in [4.78, 5) is 22.8. The third-order valence-corrected chi connectivity index (χ3v) is 3.47. The summed E-state index contributed by atoms with van der Waals surface area (Å²) in [7, 11) is 0. The molecule has 0 amide bonds. The zero-order chi connectivity index (χ0) is 13.1. The van der Waals surface area contributed by atoms with E-state index in [1.54, 1.807) is 19.3 Å². The molecule has 96 valence electrons. The Kier molecular flexibility index (Phi) is 3.61. The molecule has 2 heterocycles. The van der Waals surface area contributed by atoms with Crippen LogP contribution in [-0.4, -0.2) is 20.8 Å². The summed E-state index contributed by atoms with van der Waals surface area (Å²) in [6.45, 7) is 2.19. The van der Waals surface area contributed by atoms with E-state index < -0.39 is 5.97 Å². The maximum absolute atomic E-state index is 11.7. The van der Waals surface area contributed by atoms with Gasteiger partial charge in [0.15, 0.2) is 0 Å². The highest BCUT2D eigenvalue weighted by Gasteiger charge is 2.11. The van der Waals surface area contributed by atoms with Crippen LogP contribution in [0.5, 0.6) is 0 Å². The van der Waals surface area contributed by atoms with Crippen LogP contribution in [0.1, 0.15) is 18.6 Å². The maximum atomic E-state index is 11.7. The van der Waals surface area contributed by atoms with Crippen LogP contribution in [0.4, 0.5) is 0 Å². The first-order chi connectivity index (χ1) is 8.58. The Balaban J connectivity index is 2.15. The molecule has 0 spiro atoms. The lowest BCUT2D eigenvalue weighted by molar-refractivity contribution is -0.137. The number of hydrogen-bond donors (Lipinski definition) is 1. The topological polar surface area (TPSA) is 85.3 Å². The van der Waals surface area contributed by atoms with Gasteiger partial charge in [0.25, 0.3) is 0 Å². The van der Waals surface area contributed by atoms with Crippen LogP contribution < -0.4 is 4.87 Å². The number of hydrogen-bond acceptors (Lipinski definition) is 5. The molecule has 1 N–H and O–H groups in total. The summed E-state index contributed by atoms with van der Waals surface area (Å²) in [5.41, 5.74) is 0.800. The van der Waals surface area contributed by atoms with Gasteiger partial charge < -0.3 is 14.2 Å². The molecule has 2 rings (SSSR count). The Morgan fingerprint density at radius 1 is 1.61 bits per heavy atom. The normalized spacial score (nSPS) is 10.7. The summed E-state index contributed by atoms with van der Waals surface area (Å²) in [5.74, 6) is -0.192. The molecule has 0 bridgehead atoms. The van der Waals surface area contributed by atoms with Crippen LogP contribution in [0.25, 0.3) is 10.4 Å². The molecule has 0 aliphatic rings. The Morgan fingerprint density at radius 2 is 2.39 bits per heavy atom. The minimum Gasteiger partial charge on any atom is -0.481 e. The predicted molar refractivity (Wildman–Crippen MR) is 65.7 cm³/mol. The average Bonchev–Trinajstić information content (AvgIpc) is 2.85. The van der Waals surface area contributed by atoms with Gasteiger partial charge in [-0.2, -0.15) is 0 Å². The van der Waals surface area contributed by atoms with Gasteiger partial charge in [0, 0.05) is 19.2 Å². The van der Waals surface area contributed by atoms with Crippen LogP contribution in [0.15, 0.2) is 21.7 Å². The first-order valence-corrected chi connectivity index (χ1v) is 6.23. The van der Waals surface area contributed by atoms with Gasteiger partial charge >= 0.3 is 10.8 Å². The van der Waals surface area contributed by atoms with E-state index in [4.69, 9.17) is 9.63 Å². The smallest absolute Gasteiger partial charge is 0.307 e. The van der Waals surface area contributed by atoms with Crippen molar-refractivity contribution in [2.75, 3.05) is 0 Å². The molecule has 0 saturated carbocycles. The number of carboxylic acids is 1. The predicted octanol–water partition coefficient (Wildman–Crippen LogP) is 1.74. The van der Waals surface area contributed by atoms with E-state index in [0.29, 0.717) is 18.7 Å². The van der Waals surface area contributed by atoms with E-state index >= 15 is 0 Å². The number of rotatable bonds is 5. The first kappa shape index (κ1) is 12.6. The zero-order valence-electron chi connectivity index (χ0n) is 9.75. The quantitative estimate of drug-likeness (QED) is 0.892. The monoisotopic (exact) mass is 268 g/mol. The molecule has 0 saturated heterocycles. The van der Waals surface area contributed by atoms with E-state index in [-0.39, 0.29) is 11.3 Å². The molecule has 18 heavy (non-hydrogen) atoms. The molecule has 2 aromatic rings. The van der Waals surface area contributed by atoms with E-state index in [2.05, 4.69) is 5.16 Å². The van der Waals surface area contributed by atoms with Gasteiger partial charge in [-0.05, 0) is 13.3 Å². The van der Waals surface area contributed by atoms with Crippen LogP contribution in [-0.2, 0) is 11.3 Å². The van der Waals surface area contributed by atoms with Crippen molar-refractivity contribution in [3.05, 3.63) is 27.8 Å². The van der Waals surface area contributed by atoms with Crippen molar-refractivity contribution in [2.24, 2.45) is 0 Å². The van der Waals surface area contributed by atoms with Gasteiger partial charge in [-0.3, -0.25) is 9.59 Å². The van der Waals surface area contributed by atoms with Gasteiger partial charge in [0.1, 0.15) is 5.76 Å². The van der Waals surface area contributed by atoms with Crippen molar-refractivity contribution in [3.63, 3.8) is 0 Å². The van der Waals surface area contributed by atoms with Gasteiger partial charge in [-0.25, -0.2) is 0 Å². The standard InChI is InChI=1S/C11H12N2O4S/c1-7-8(5-12-17-7)9-6-13(11(16)18-9)4-2-3-10(14)15/h5-6H,2-4H2,1H3,(H,14,15). The summed E-state index contributed by atoms with van der Waals surface area (Å²) < 4.78 is 6.47. The third kappa shape index (κ3) is 2.67. The first-order valence-electron chi connectivity index (χ1n) is 5.41. The molecule has 6 nitrogen and oxygen atoms in total. The molecule has 0 fully saturated rings. The highest BCUT2D eigenvalue weighted by molar-refractivity contribution is 7.12. The summed E-state index contributed by atoms with van der Waals surface area (Å²) in [6, 6.07) is 0. The van der Waals surface area contributed by atoms with E-state index in [1.807, 2.05) is 0 Å². The van der Waals surface area contributed by atoms with Crippen molar-refractivity contribution in [2.45, 2.75) is 26.3 Å². The average molecular weight is 268 g/mol. The number of aliphatic carboxylic acids is 1. The van der Waals surface area contributed by atoms with Crippen LogP contribution >= 0.6 is 11.3 Å². The van der Waals surface area contributed by atoms with Gasteiger partial charge in [-0.15, -0.1) is 0 Å². The van der Waals surface area contributed by atoms with Crippen LogP contribution in [0, 0.1) is 6.92 Å². The van der Waals surface area contributed by atoms with Crippen LogP contribution in [0.3, 0.4) is 0 Å². The minimum atomic E-state index is -0.853. The molecular weight excluding hydrogens is 256 g/mol. The van der Waals surface area contributed by atoms with Crippen molar-refractivity contribution in [1.82, 2.24) is 9.72 Å². The van der Waals surface area contributed by atoms with Crippen molar-refractivity contribution in [3.8, 4) is 10.4 Å². The molecule has 0 aliphatic carbocycles. The number of carboxylic acid groups (broad SMARTS) is 1. The second-order valence-corrected chi connectivity index (χ2v) is 4.84. The molecule has 0 aliphatic heterocycles. The molecule has 0 unspecified atom stereocenters. The summed E-state index contributed by atoms with van der Waals surface area (Å²) in [6.07, 6.45) is 3.79. The molecule has 0 radical (unpaired) electrons. The van der Waals surface area contributed by atoms with Crippen molar-refractivity contribution in [1.29, 1.82) is 0 Å². The summed E-state index contributed by atoms with van der Waals surface area (Å²) in [5, 5.41) is 12.2. The SMILES string of the molecule is Cc1oncc1-c1cn(CCCC(=O)O)c(=O)s1. The van der Waals surface area contributed by atoms with Crippen molar-refractivity contribution < 1.29 is 14.4 Å². The number of carbonyl (C=O) groups is 1. The largest absolute Gasteiger partial charge is 0.481 e. The third-order valence-electron chi connectivity index (χ3n) is 2.51. The maximum Gasteiger partial charge on any atom is 0.307 e. The molecular formula is C11H12N2O4S. The summed E-state index contributed by atoms with van der Waals surface area (Å²) >= 11 is 1.11. The fraction of sp³-hybridized carbons (Fsp3) is 0.364. The fourth-order valence-electron chi connectivity index (χ4n) is 1.59. The number of aryl methyl sites for hydroxylation is 2. The Labute approximate surface area is 106 Å². The van der Waals surface area contributed by atoms with Crippen molar-refractivity contribution >= 4 is 17.3 Å². The fourth-order valence-corrected chi connectivity index (χ4v) is 2.53. The minimum absolute atomic E-state index is 0.0594. The van der Waals surface area contributed by atoms with E-state index in [0.717, 1.165) is 21.8 Å². The molecule has 0 atom stereocenters. The second-order valence-electron chi connectivity index (χ2n) is 3.85. The molecule has 2 aromatic heterocycles. The molecule has 7 heteroatoms. The van der Waals surface area contributed by atoms with E-state index in [1.165, 1.54) is 4.57 Å².